The summed E-state index contributed by atoms with van der Waals surface area (Å²) >= 11 is 0. The molecule has 4 heterocycles. The Morgan fingerprint density at radius 2 is 0.739 bits per heavy atom. The Balaban J connectivity index is 1.33. The molecule has 4 aromatic carbocycles. The highest BCUT2D eigenvalue weighted by molar-refractivity contribution is 6.26. The van der Waals surface area contributed by atoms with E-state index >= 15 is 0 Å². The van der Waals surface area contributed by atoms with Gasteiger partial charge in [-0.3, -0.25) is 19.2 Å². The van der Waals surface area contributed by atoms with E-state index in [4.69, 9.17) is 0 Å². The zero-order chi connectivity index (χ0) is 32.0. The lowest BCUT2D eigenvalue weighted by Crippen LogP contribution is -2.50. The Kier molecular flexibility index (Phi) is 6.39. The maximum absolute atomic E-state index is 14.6. The van der Waals surface area contributed by atoms with Crippen molar-refractivity contribution in [1.82, 2.24) is 10.0 Å². The van der Waals surface area contributed by atoms with Gasteiger partial charge in [0.1, 0.15) is 12.1 Å². The highest BCUT2D eigenvalue weighted by atomic mass is 16.2. The number of hydrazine groups is 1. The number of amides is 4. The van der Waals surface area contributed by atoms with Crippen LogP contribution < -0.4 is 9.80 Å². The van der Waals surface area contributed by atoms with Gasteiger partial charge in [0, 0.05) is 0 Å². The van der Waals surface area contributed by atoms with Crippen LogP contribution in [0.1, 0.15) is 45.5 Å². The lowest BCUT2D eigenvalue weighted by atomic mass is 9.84. The third-order valence-electron chi connectivity index (χ3n) is 9.94. The Labute approximate surface area is 267 Å². The highest BCUT2D eigenvalue weighted by Crippen LogP contribution is 2.59. The predicted octanol–water partition coefficient (Wildman–Crippen LogP) is 5.37. The molecule has 8 nitrogen and oxygen atoms in total. The Hall–Kier alpha value is -4.92. The molecular weight excluding hydrogens is 576 g/mol. The van der Waals surface area contributed by atoms with Gasteiger partial charge in [-0.15, -0.1) is 0 Å². The normalized spacial score (nSPS) is 27.5. The van der Waals surface area contributed by atoms with E-state index in [2.05, 4.69) is 0 Å². The Morgan fingerprint density at radius 3 is 1.07 bits per heavy atom. The molecule has 8 rings (SSSR count). The van der Waals surface area contributed by atoms with Crippen molar-refractivity contribution in [2.45, 2.75) is 51.9 Å². The van der Waals surface area contributed by atoms with Crippen LogP contribution in [-0.2, 0) is 19.2 Å². The van der Waals surface area contributed by atoms with Gasteiger partial charge in [0.15, 0.2) is 0 Å². The molecule has 4 fully saturated rings. The first-order chi connectivity index (χ1) is 22.2. The van der Waals surface area contributed by atoms with E-state index in [1.165, 1.54) is 9.80 Å². The van der Waals surface area contributed by atoms with Crippen LogP contribution in [0, 0.1) is 39.5 Å². The molecule has 0 aliphatic carbocycles. The number of aryl methyl sites for hydroxylation is 4. The second-order valence-electron chi connectivity index (χ2n) is 13.1. The summed E-state index contributed by atoms with van der Waals surface area (Å²) < 4.78 is 0. The SMILES string of the molecule is Cc1cc(C)cc(N2C(=O)C3C(C2=O)N2C(c4ccccc4)C4C(=O)N(c5cc(C)cc(C)c5)C(=O)C4N2C3c2ccccc2)c1. The van der Waals surface area contributed by atoms with Crippen molar-refractivity contribution in [3.63, 3.8) is 0 Å². The van der Waals surface area contributed by atoms with E-state index in [0.717, 1.165) is 33.4 Å². The maximum atomic E-state index is 14.6. The molecule has 6 atom stereocenters. The molecule has 4 aliphatic rings. The van der Waals surface area contributed by atoms with Gasteiger partial charge < -0.3 is 0 Å². The number of fused-ring (bicyclic) bond motifs is 5. The van der Waals surface area contributed by atoms with Gasteiger partial charge in [-0.2, -0.15) is 0 Å². The molecule has 0 N–H and O–H groups in total. The van der Waals surface area contributed by atoms with Gasteiger partial charge in [-0.05, 0) is 85.3 Å². The van der Waals surface area contributed by atoms with Crippen LogP contribution in [0.5, 0.6) is 0 Å². The first-order valence-corrected chi connectivity index (χ1v) is 15.7. The molecular formula is C38H34N4O4. The van der Waals surface area contributed by atoms with Crippen molar-refractivity contribution in [2.24, 2.45) is 11.8 Å². The monoisotopic (exact) mass is 610 g/mol. The Morgan fingerprint density at radius 1 is 0.413 bits per heavy atom. The summed E-state index contributed by atoms with van der Waals surface area (Å²) in [6, 6.07) is 27.6. The number of anilines is 2. The topological polar surface area (TPSA) is 81.2 Å². The minimum atomic E-state index is -0.885. The number of hydrogen-bond donors (Lipinski definition) is 0. The summed E-state index contributed by atoms with van der Waals surface area (Å²) in [5, 5.41) is 3.84. The van der Waals surface area contributed by atoms with Crippen molar-refractivity contribution in [1.29, 1.82) is 0 Å². The summed E-state index contributed by atoms with van der Waals surface area (Å²) in [6.07, 6.45) is 0. The standard InChI is InChI=1S/C38H34N4O4/c1-21-15-22(2)18-27(17-21)39-35(43)29-31(25-11-7-5-8-12-25)42-34-30(32(26-13-9-6-10-14-26)41(42)33(29)37(39)45)36(44)40(38(34)46)28-19-23(3)16-24(4)20-28/h5-20,29-34H,1-4H3. The molecule has 0 bridgehead atoms. The van der Waals surface area contributed by atoms with E-state index in [9.17, 15) is 19.2 Å². The minimum Gasteiger partial charge on any atom is -0.274 e. The molecule has 230 valence electrons. The van der Waals surface area contributed by atoms with Crippen LogP contribution in [0.15, 0.2) is 97.1 Å². The Bertz CT molecular complexity index is 1760. The maximum Gasteiger partial charge on any atom is 0.253 e. The lowest BCUT2D eigenvalue weighted by molar-refractivity contribution is -0.136. The lowest BCUT2D eigenvalue weighted by Gasteiger charge is -2.35. The first-order valence-electron chi connectivity index (χ1n) is 15.7. The van der Waals surface area contributed by atoms with E-state index in [-0.39, 0.29) is 23.6 Å². The fraction of sp³-hybridized carbons (Fsp3) is 0.263. The number of carbonyl (C=O) groups is 4. The van der Waals surface area contributed by atoms with Crippen molar-refractivity contribution in [3.8, 4) is 0 Å². The molecule has 4 aliphatic heterocycles. The zero-order valence-electron chi connectivity index (χ0n) is 26.1. The largest absolute Gasteiger partial charge is 0.274 e. The fourth-order valence-corrected chi connectivity index (χ4v) is 8.47. The van der Waals surface area contributed by atoms with E-state index in [1.54, 1.807) is 0 Å². The summed E-state index contributed by atoms with van der Waals surface area (Å²) in [5.41, 5.74) is 6.54. The summed E-state index contributed by atoms with van der Waals surface area (Å²) in [5.74, 6) is -2.82. The van der Waals surface area contributed by atoms with Crippen LogP contribution in [0.2, 0.25) is 0 Å². The summed E-state index contributed by atoms with van der Waals surface area (Å²) in [6.45, 7) is 7.79. The van der Waals surface area contributed by atoms with E-state index in [1.807, 2.05) is 135 Å². The molecule has 0 aromatic heterocycles. The smallest absolute Gasteiger partial charge is 0.253 e. The van der Waals surface area contributed by atoms with Crippen molar-refractivity contribution in [2.75, 3.05) is 9.80 Å². The fourth-order valence-electron chi connectivity index (χ4n) is 8.47. The number of imide groups is 2. The third-order valence-corrected chi connectivity index (χ3v) is 9.94. The number of rotatable bonds is 4. The second kappa shape index (κ2) is 10.3. The van der Waals surface area contributed by atoms with Crippen molar-refractivity contribution in [3.05, 3.63) is 130 Å². The van der Waals surface area contributed by atoms with E-state index < -0.39 is 36.0 Å². The van der Waals surface area contributed by atoms with Crippen LogP contribution in [0.25, 0.3) is 0 Å². The quantitative estimate of drug-likeness (QED) is 0.289. The van der Waals surface area contributed by atoms with Gasteiger partial charge in [0.05, 0.1) is 35.3 Å². The zero-order valence-corrected chi connectivity index (χ0v) is 26.1. The average Bonchev–Trinajstić information content (AvgIpc) is 3.68. The number of nitrogens with zero attached hydrogens (tertiary/aromatic N) is 4. The molecule has 4 aromatic rings. The molecule has 6 unspecified atom stereocenters. The predicted molar refractivity (Wildman–Crippen MR) is 173 cm³/mol. The van der Waals surface area contributed by atoms with Gasteiger partial charge >= 0.3 is 0 Å². The summed E-state index contributed by atoms with van der Waals surface area (Å²) in [4.78, 5) is 61.0. The highest BCUT2D eigenvalue weighted by Gasteiger charge is 2.73. The molecule has 0 spiro atoms. The number of carbonyl (C=O) groups excluding carboxylic acids is 4. The van der Waals surface area contributed by atoms with Gasteiger partial charge in [-0.1, -0.05) is 72.8 Å². The van der Waals surface area contributed by atoms with Crippen molar-refractivity contribution < 1.29 is 19.2 Å². The van der Waals surface area contributed by atoms with Gasteiger partial charge in [-0.25, -0.2) is 19.8 Å². The summed E-state index contributed by atoms with van der Waals surface area (Å²) in [7, 11) is 0. The van der Waals surface area contributed by atoms with Crippen LogP contribution >= 0.6 is 0 Å². The molecule has 46 heavy (non-hydrogen) atoms. The van der Waals surface area contributed by atoms with Crippen LogP contribution in [0.4, 0.5) is 11.4 Å². The molecule has 0 radical (unpaired) electrons. The molecule has 4 amide bonds. The molecule has 0 saturated carbocycles. The van der Waals surface area contributed by atoms with Crippen LogP contribution in [-0.4, -0.2) is 45.7 Å². The van der Waals surface area contributed by atoms with Crippen molar-refractivity contribution >= 4 is 35.0 Å². The minimum absolute atomic E-state index is 0.297. The number of hydrogen-bond acceptors (Lipinski definition) is 6. The van der Waals surface area contributed by atoms with Gasteiger partial charge in [0.2, 0.25) is 11.8 Å². The molecule has 4 saturated heterocycles. The third kappa shape index (κ3) is 4.00. The number of benzene rings is 4. The second-order valence-corrected chi connectivity index (χ2v) is 13.1. The average molecular weight is 611 g/mol. The van der Waals surface area contributed by atoms with E-state index in [0.29, 0.717) is 11.4 Å². The van der Waals surface area contributed by atoms with Gasteiger partial charge in [0.25, 0.3) is 11.8 Å². The first kappa shape index (κ1) is 28.5. The molecule has 8 heteroatoms. The van der Waals surface area contributed by atoms with Crippen LogP contribution in [0.3, 0.4) is 0 Å².